The zero-order valence-electron chi connectivity index (χ0n) is 6.35. The first-order valence-electron chi connectivity index (χ1n) is 3.75. The highest BCUT2D eigenvalue weighted by Crippen LogP contribution is 2.12. The molecule has 1 fully saturated rings. The third-order valence-electron chi connectivity index (χ3n) is 1.97. The molecule has 1 unspecified atom stereocenters. The van der Waals surface area contributed by atoms with E-state index in [2.05, 4.69) is 17.4 Å². The van der Waals surface area contributed by atoms with E-state index in [0.717, 1.165) is 5.92 Å². The maximum Gasteiger partial charge on any atom is 0.0156 e. The van der Waals surface area contributed by atoms with Gasteiger partial charge in [-0.05, 0) is 25.8 Å². The number of piperidine rings is 1. The van der Waals surface area contributed by atoms with Gasteiger partial charge in [-0.25, -0.2) is 5.01 Å². The van der Waals surface area contributed by atoms with Gasteiger partial charge in [0, 0.05) is 13.1 Å². The minimum Gasteiger partial charge on any atom is -0.258 e. The lowest BCUT2D eigenvalue weighted by Gasteiger charge is -2.29. The van der Waals surface area contributed by atoms with Gasteiger partial charge >= 0.3 is 0 Å². The van der Waals surface area contributed by atoms with Crippen LogP contribution in [0.3, 0.4) is 0 Å². The average molecular weight is 128 g/mol. The molecule has 0 spiro atoms. The van der Waals surface area contributed by atoms with Crippen molar-refractivity contribution in [3.05, 3.63) is 0 Å². The smallest absolute Gasteiger partial charge is 0.0156 e. The van der Waals surface area contributed by atoms with Crippen LogP contribution in [-0.4, -0.2) is 25.1 Å². The Labute approximate surface area is 57.2 Å². The molecule has 2 heteroatoms. The van der Waals surface area contributed by atoms with Gasteiger partial charge in [0.2, 0.25) is 0 Å². The first-order chi connectivity index (χ1) is 4.33. The van der Waals surface area contributed by atoms with Gasteiger partial charge in [0.25, 0.3) is 0 Å². The summed E-state index contributed by atoms with van der Waals surface area (Å²) in [4.78, 5) is 0. The Kier molecular flexibility index (Phi) is 2.49. The van der Waals surface area contributed by atoms with Crippen LogP contribution in [0, 0.1) is 5.92 Å². The second kappa shape index (κ2) is 3.18. The van der Waals surface area contributed by atoms with Gasteiger partial charge in [0.15, 0.2) is 0 Å². The fraction of sp³-hybridized carbons (Fsp3) is 1.00. The summed E-state index contributed by atoms with van der Waals surface area (Å²) in [6, 6.07) is 0. The van der Waals surface area contributed by atoms with Gasteiger partial charge in [-0.15, -0.1) is 0 Å². The Bertz CT molecular complexity index is 83.0. The third-order valence-corrected chi connectivity index (χ3v) is 1.97. The Morgan fingerprint density at radius 3 is 2.78 bits per heavy atom. The van der Waals surface area contributed by atoms with Gasteiger partial charge in [0.1, 0.15) is 0 Å². The van der Waals surface area contributed by atoms with Crippen molar-refractivity contribution >= 4 is 0 Å². The van der Waals surface area contributed by atoms with Crippen molar-refractivity contribution in [1.82, 2.24) is 10.4 Å². The van der Waals surface area contributed by atoms with Crippen LogP contribution >= 0.6 is 0 Å². The van der Waals surface area contributed by atoms with Crippen LogP contribution in [0.2, 0.25) is 0 Å². The molecule has 0 aromatic carbocycles. The summed E-state index contributed by atoms with van der Waals surface area (Å²) in [5.41, 5.74) is 3.17. The molecule has 0 amide bonds. The molecule has 0 radical (unpaired) electrons. The van der Waals surface area contributed by atoms with Crippen LogP contribution in [0.25, 0.3) is 0 Å². The van der Waals surface area contributed by atoms with E-state index in [1.165, 1.54) is 25.9 Å². The summed E-state index contributed by atoms with van der Waals surface area (Å²) in [6.45, 7) is 4.75. The molecular formula is C7H16N2. The molecule has 0 aromatic rings. The lowest BCUT2D eigenvalue weighted by molar-refractivity contribution is 0.135. The molecule has 1 atom stereocenters. The van der Waals surface area contributed by atoms with E-state index in [0.29, 0.717) is 0 Å². The van der Waals surface area contributed by atoms with Crippen LogP contribution in [0.5, 0.6) is 0 Å². The van der Waals surface area contributed by atoms with Gasteiger partial charge < -0.3 is 0 Å². The monoisotopic (exact) mass is 128 g/mol. The van der Waals surface area contributed by atoms with E-state index in [1.807, 2.05) is 7.05 Å². The van der Waals surface area contributed by atoms with Gasteiger partial charge in [0.05, 0.1) is 0 Å². The van der Waals surface area contributed by atoms with Gasteiger partial charge in [-0.1, -0.05) is 6.92 Å². The molecule has 9 heavy (non-hydrogen) atoms. The van der Waals surface area contributed by atoms with E-state index in [4.69, 9.17) is 0 Å². The molecule has 0 saturated carbocycles. The van der Waals surface area contributed by atoms with Crippen LogP contribution in [0.1, 0.15) is 19.8 Å². The molecule has 1 aliphatic rings. The zero-order valence-corrected chi connectivity index (χ0v) is 6.35. The summed E-state index contributed by atoms with van der Waals surface area (Å²) in [6.07, 6.45) is 2.75. The first kappa shape index (κ1) is 7.03. The number of nitrogens with one attached hydrogen (secondary N) is 1. The normalized spacial score (nSPS) is 30.7. The quantitative estimate of drug-likeness (QED) is 0.563. The molecule has 1 saturated heterocycles. The number of hydrogen-bond acceptors (Lipinski definition) is 2. The highest BCUT2D eigenvalue weighted by molar-refractivity contribution is 4.65. The third kappa shape index (κ3) is 1.95. The molecule has 0 aromatic heterocycles. The Morgan fingerprint density at radius 1 is 1.56 bits per heavy atom. The Hall–Kier alpha value is -0.0800. The fourth-order valence-corrected chi connectivity index (χ4v) is 1.39. The lowest BCUT2D eigenvalue weighted by atomic mass is 10.0. The van der Waals surface area contributed by atoms with Gasteiger partial charge in [-0.3, -0.25) is 5.43 Å². The summed E-state index contributed by atoms with van der Waals surface area (Å²) in [7, 11) is 2.00. The number of nitrogens with zero attached hydrogens (tertiary/aromatic N) is 1. The molecule has 1 rings (SSSR count). The van der Waals surface area contributed by atoms with E-state index >= 15 is 0 Å². The summed E-state index contributed by atoms with van der Waals surface area (Å²) >= 11 is 0. The van der Waals surface area contributed by atoms with Crippen molar-refractivity contribution in [2.45, 2.75) is 19.8 Å². The van der Waals surface area contributed by atoms with Gasteiger partial charge in [-0.2, -0.15) is 0 Å². The highest BCUT2D eigenvalue weighted by atomic mass is 15.5. The van der Waals surface area contributed by atoms with Crippen molar-refractivity contribution in [2.75, 3.05) is 20.1 Å². The topological polar surface area (TPSA) is 15.3 Å². The van der Waals surface area contributed by atoms with E-state index < -0.39 is 0 Å². The molecule has 1 N–H and O–H groups in total. The standard InChI is InChI=1S/C7H16N2/c1-7-4-3-5-9(6-7)8-2/h7-8H,3-6H2,1-2H3. The molecule has 1 aliphatic heterocycles. The number of hydrazine groups is 1. The second-order valence-corrected chi connectivity index (χ2v) is 2.92. The summed E-state index contributed by atoms with van der Waals surface area (Å²) < 4.78 is 0. The summed E-state index contributed by atoms with van der Waals surface area (Å²) in [5, 5.41) is 2.29. The van der Waals surface area contributed by atoms with E-state index in [9.17, 15) is 0 Å². The average Bonchev–Trinajstić information content (AvgIpc) is 1.88. The predicted octanol–water partition coefficient (Wildman–Crippen LogP) is 0.853. The van der Waals surface area contributed by atoms with Crippen molar-refractivity contribution in [3.63, 3.8) is 0 Å². The van der Waals surface area contributed by atoms with Crippen molar-refractivity contribution in [3.8, 4) is 0 Å². The second-order valence-electron chi connectivity index (χ2n) is 2.92. The van der Waals surface area contributed by atoms with Crippen molar-refractivity contribution in [1.29, 1.82) is 0 Å². The van der Waals surface area contributed by atoms with Crippen molar-refractivity contribution < 1.29 is 0 Å². The minimum absolute atomic E-state index is 0.881. The maximum absolute atomic E-state index is 3.17. The lowest BCUT2D eigenvalue weighted by Crippen LogP contribution is -2.42. The molecule has 1 heterocycles. The fourth-order valence-electron chi connectivity index (χ4n) is 1.39. The Balaban J connectivity index is 2.23. The van der Waals surface area contributed by atoms with Crippen LogP contribution < -0.4 is 5.43 Å². The van der Waals surface area contributed by atoms with E-state index in [1.54, 1.807) is 0 Å². The first-order valence-corrected chi connectivity index (χ1v) is 3.75. The summed E-state index contributed by atoms with van der Waals surface area (Å²) in [5.74, 6) is 0.881. The number of rotatable bonds is 1. The number of hydrogen-bond donors (Lipinski definition) is 1. The largest absolute Gasteiger partial charge is 0.258 e. The molecule has 0 bridgehead atoms. The van der Waals surface area contributed by atoms with Crippen LogP contribution in [0.4, 0.5) is 0 Å². The van der Waals surface area contributed by atoms with Crippen molar-refractivity contribution in [2.24, 2.45) is 5.92 Å². The molecule has 0 aliphatic carbocycles. The SMILES string of the molecule is CNN1CCCC(C)C1. The van der Waals surface area contributed by atoms with E-state index in [-0.39, 0.29) is 0 Å². The zero-order chi connectivity index (χ0) is 6.69. The minimum atomic E-state index is 0.881. The van der Waals surface area contributed by atoms with Crippen LogP contribution in [-0.2, 0) is 0 Å². The molecule has 54 valence electrons. The molecule has 2 nitrogen and oxygen atoms in total. The molecular weight excluding hydrogens is 112 g/mol. The highest BCUT2D eigenvalue weighted by Gasteiger charge is 2.13. The van der Waals surface area contributed by atoms with Crippen LogP contribution in [0.15, 0.2) is 0 Å². The predicted molar refractivity (Wildman–Crippen MR) is 39.0 cm³/mol. The maximum atomic E-state index is 3.17. The Morgan fingerprint density at radius 2 is 2.33 bits per heavy atom.